The van der Waals surface area contributed by atoms with Crippen LogP contribution in [-0.2, 0) is 42.9 Å². The fraction of sp³-hybridized carbons (Fsp3) is 0.568. The van der Waals surface area contributed by atoms with Gasteiger partial charge in [-0.1, -0.05) is 38.8 Å². The van der Waals surface area contributed by atoms with E-state index in [2.05, 4.69) is 29.1 Å². The molecule has 0 unspecified atom stereocenters. The summed E-state index contributed by atoms with van der Waals surface area (Å²) in [6.45, 7) is 11.4. The van der Waals surface area contributed by atoms with Gasteiger partial charge >= 0.3 is 18.0 Å². The van der Waals surface area contributed by atoms with Gasteiger partial charge in [-0.3, -0.25) is 24.5 Å². The number of ether oxygens (including phenoxy) is 5. The maximum Gasteiger partial charge on any atom is 0.412 e. The first-order valence-electron chi connectivity index (χ1n) is 17.5. The van der Waals surface area contributed by atoms with E-state index in [0.29, 0.717) is 18.7 Å². The van der Waals surface area contributed by atoms with E-state index in [1.807, 2.05) is 19.9 Å². The van der Waals surface area contributed by atoms with Gasteiger partial charge in [-0.2, -0.15) is 5.26 Å². The van der Waals surface area contributed by atoms with Gasteiger partial charge in [-0.25, -0.2) is 4.79 Å². The van der Waals surface area contributed by atoms with Crippen molar-refractivity contribution in [1.29, 1.82) is 5.26 Å². The summed E-state index contributed by atoms with van der Waals surface area (Å²) in [5.41, 5.74) is 0.612. The van der Waals surface area contributed by atoms with Crippen molar-refractivity contribution in [3.63, 3.8) is 0 Å². The third kappa shape index (κ3) is 14.1. The second-order valence-corrected chi connectivity index (χ2v) is 12.2. The topological polar surface area (TPSA) is 212 Å². The zero-order valence-electron chi connectivity index (χ0n) is 30.2. The summed E-state index contributed by atoms with van der Waals surface area (Å²) in [6, 6.07) is 7.85. The number of aliphatic hydroxyl groups is 1. The summed E-state index contributed by atoms with van der Waals surface area (Å²) >= 11 is 0. The number of aliphatic hydroxyl groups excluding tert-OH is 1. The Labute approximate surface area is 305 Å². The monoisotopic (exact) mass is 728 g/mol. The second kappa shape index (κ2) is 23.6. The number of nitrogens with zero attached hydrogens (tertiary/aromatic N) is 1. The highest BCUT2D eigenvalue weighted by Crippen LogP contribution is 2.31. The van der Waals surface area contributed by atoms with Gasteiger partial charge in [0.2, 0.25) is 11.8 Å². The van der Waals surface area contributed by atoms with Crippen molar-refractivity contribution in [3.8, 4) is 6.07 Å². The molecule has 1 aromatic carbocycles. The van der Waals surface area contributed by atoms with Crippen molar-refractivity contribution in [2.45, 2.75) is 95.9 Å². The minimum absolute atomic E-state index is 0.0457. The standard InChI is InChI=1S/C37H52N4O11/c1-6-10-18-39-29(43)20-25(12-8-3)34(45)50-32-31(52-37(47)41-27-16-14-24(22-38)15-17-27)28(23-42)49-36(48-5)33(32)51-35(46)26(13-9-4)21-30(44)40-19-11-7-2/h8-9,14-17,25-26,28,31-33,36,42H,3-4,6-7,10-13,18-21,23H2,1-2,5H3,(H,39,43)(H,40,44)(H,41,47)/t25-,26-,28+,31-,32-,33+,36-/m0/s1. The number of benzene rings is 1. The molecule has 1 aliphatic rings. The zero-order valence-corrected chi connectivity index (χ0v) is 30.2. The Morgan fingerprint density at radius 2 is 1.38 bits per heavy atom. The third-order valence-corrected chi connectivity index (χ3v) is 8.15. The summed E-state index contributed by atoms with van der Waals surface area (Å²) in [5, 5.41) is 27.4. The Kier molecular flexibility index (Phi) is 19.7. The van der Waals surface area contributed by atoms with E-state index in [4.69, 9.17) is 28.9 Å². The van der Waals surface area contributed by atoms with Gasteiger partial charge in [0, 0.05) is 38.7 Å². The molecule has 15 heteroatoms. The number of carbonyl (C=O) groups is 5. The summed E-state index contributed by atoms with van der Waals surface area (Å²) in [7, 11) is 1.24. The first-order chi connectivity index (χ1) is 25.0. The Morgan fingerprint density at radius 1 is 0.865 bits per heavy atom. The van der Waals surface area contributed by atoms with Crippen LogP contribution in [0.3, 0.4) is 0 Å². The molecule has 7 atom stereocenters. The van der Waals surface area contributed by atoms with E-state index < -0.39 is 73.1 Å². The highest BCUT2D eigenvalue weighted by atomic mass is 16.7. The van der Waals surface area contributed by atoms with Crippen LogP contribution in [0.25, 0.3) is 0 Å². The lowest BCUT2D eigenvalue weighted by atomic mass is 9.96. The molecule has 1 saturated heterocycles. The normalized spacial score (nSPS) is 20.6. The molecule has 3 amide bonds. The van der Waals surface area contributed by atoms with Gasteiger partial charge in [0.1, 0.15) is 6.10 Å². The lowest BCUT2D eigenvalue weighted by Gasteiger charge is -2.44. The average Bonchev–Trinajstić information content (AvgIpc) is 3.13. The van der Waals surface area contributed by atoms with Crippen LogP contribution in [0.5, 0.6) is 0 Å². The molecule has 0 bridgehead atoms. The number of amides is 3. The van der Waals surface area contributed by atoms with Crippen molar-refractivity contribution in [2.75, 3.05) is 32.1 Å². The molecule has 0 spiro atoms. The van der Waals surface area contributed by atoms with Gasteiger partial charge < -0.3 is 39.4 Å². The lowest BCUT2D eigenvalue weighted by molar-refractivity contribution is -0.300. The van der Waals surface area contributed by atoms with Crippen molar-refractivity contribution >= 4 is 35.5 Å². The van der Waals surface area contributed by atoms with E-state index in [9.17, 15) is 29.1 Å². The fourth-order valence-electron chi connectivity index (χ4n) is 5.31. The highest BCUT2D eigenvalue weighted by molar-refractivity contribution is 5.85. The van der Waals surface area contributed by atoms with Gasteiger partial charge in [0.05, 0.1) is 30.1 Å². The maximum atomic E-state index is 13.8. The Morgan fingerprint density at radius 3 is 1.83 bits per heavy atom. The predicted molar refractivity (Wildman–Crippen MR) is 189 cm³/mol. The summed E-state index contributed by atoms with van der Waals surface area (Å²) in [4.78, 5) is 66.0. The Balaban J connectivity index is 2.48. The smallest absolute Gasteiger partial charge is 0.412 e. The number of anilines is 1. The number of nitriles is 1. The molecule has 4 N–H and O–H groups in total. The van der Waals surface area contributed by atoms with Crippen LogP contribution < -0.4 is 16.0 Å². The minimum atomic E-state index is -1.63. The Bertz CT molecular complexity index is 1380. The molecule has 1 aromatic rings. The lowest BCUT2D eigenvalue weighted by Crippen LogP contribution is -2.63. The minimum Gasteiger partial charge on any atom is -0.454 e. The molecule has 1 heterocycles. The summed E-state index contributed by atoms with van der Waals surface area (Å²) in [6.07, 6.45) is -2.85. The van der Waals surface area contributed by atoms with Crippen LogP contribution in [0.1, 0.15) is 70.8 Å². The number of methoxy groups -OCH3 is 1. The number of allylic oxidation sites excluding steroid dienone is 2. The van der Waals surface area contributed by atoms with Crippen LogP contribution in [0.4, 0.5) is 10.5 Å². The first-order valence-corrected chi connectivity index (χ1v) is 17.5. The molecule has 0 aliphatic carbocycles. The van der Waals surface area contributed by atoms with Crippen LogP contribution in [0.2, 0.25) is 0 Å². The van der Waals surface area contributed by atoms with E-state index in [-0.39, 0.29) is 37.3 Å². The number of hydrogen-bond acceptors (Lipinski definition) is 12. The highest BCUT2D eigenvalue weighted by Gasteiger charge is 2.53. The molecule has 286 valence electrons. The van der Waals surface area contributed by atoms with Gasteiger partial charge in [0.15, 0.2) is 24.6 Å². The van der Waals surface area contributed by atoms with Crippen molar-refractivity contribution in [1.82, 2.24) is 10.6 Å². The SMILES string of the molecule is C=CC[C@@H](CC(=O)NCCCC)C(=O)O[C@H]1[C@@H](OC(=O)Nc2ccc(C#N)cc2)[C@@H](CO)O[C@H](OC)[C@@H]1OC(=O)[C@@H](CC=C)CC(=O)NCCCC. The summed E-state index contributed by atoms with van der Waals surface area (Å²) < 4.78 is 28.8. The van der Waals surface area contributed by atoms with Crippen LogP contribution >= 0.6 is 0 Å². The molecule has 0 aromatic heterocycles. The molecular weight excluding hydrogens is 676 g/mol. The molecule has 0 radical (unpaired) electrons. The van der Waals surface area contributed by atoms with E-state index in [1.54, 1.807) is 0 Å². The molecule has 15 nitrogen and oxygen atoms in total. The molecule has 1 aliphatic heterocycles. The van der Waals surface area contributed by atoms with E-state index in [1.165, 1.54) is 43.5 Å². The summed E-state index contributed by atoms with van der Waals surface area (Å²) in [5.74, 6) is -4.57. The van der Waals surface area contributed by atoms with Gasteiger partial charge in [0.25, 0.3) is 0 Å². The van der Waals surface area contributed by atoms with Gasteiger partial charge in [-0.15, -0.1) is 13.2 Å². The maximum absolute atomic E-state index is 13.8. The molecule has 2 rings (SSSR count). The van der Waals surface area contributed by atoms with Crippen molar-refractivity contribution < 1.29 is 52.8 Å². The van der Waals surface area contributed by atoms with Crippen molar-refractivity contribution in [2.24, 2.45) is 11.8 Å². The fourth-order valence-corrected chi connectivity index (χ4v) is 5.31. The molecule has 1 fully saturated rings. The number of nitrogens with one attached hydrogen (secondary N) is 3. The second-order valence-electron chi connectivity index (χ2n) is 12.2. The zero-order chi connectivity index (χ0) is 38.5. The van der Waals surface area contributed by atoms with Crippen LogP contribution in [-0.4, -0.2) is 92.5 Å². The largest absolute Gasteiger partial charge is 0.454 e. The van der Waals surface area contributed by atoms with Crippen LogP contribution in [0, 0.1) is 23.2 Å². The molecule has 52 heavy (non-hydrogen) atoms. The number of unbranched alkanes of at least 4 members (excludes halogenated alkanes) is 2. The van der Waals surface area contributed by atoms with Gasteiger partial charge in [-0.05, 0) is 49.9 Å². The molecular formula is C37H52N4O11. The molecule has 0 saturated carbocycles. The number of hydrogen-bond donors (Lipinski definition) is 4. The quantitative estimate of drug-likeness (QED) is 0.0583. The van der Waals surface area contributed by atoms with Crippen LogP contribution in [0.15, 0.2) is 49.6 Å². The predicted octanol–water partition coefficient (Wildman–Crippen LogP) is 3.66. The first kappa shape index (κ1) is 43.4. The van der Waals surface area contributed by atoms with Crippen molar-refractivity contribution in [3.05, 3.63) is 55.1 Å². The number of esters is 2. The van der Waals surface area contributed by atoms with E-state index in [0.717, 1.165) is 25.7 Å². The van der Waals surface area contributed by atoms with E-state index >= 15 is 0 Å². The average molecular weight is 729 g/mol. The Hall–Kier alpha value is -4.78. The number of carbonyl (C=O) groups excluding carboxylic acids is 5. The third-order valence-electron chi connectivity index (χ3n) is 8.15. The number of rotatable bonds is 22.